The maximum Gasteiger partial charge on any atom is 0.338 e. The van der Waals surface area contributed by atoms with E-state index in [1.807, 2.05) is 66.7 Å². The van der Waals surface area contributed by atoms with Crippen molar-refractivity contribution in [3.05, 3.63) is 152 Å². The number of carbonyl (C=O) groups is 2. The molecule has 0 saturated carbocycles. The number of thiazole rings is 1. The van der Waals surface area contributed by atoms with Crippen LogP contribution in [0.25, 0.3) is 6.08 Å². The van der Waals surface area contributed by atoms with E-state index in [0.717, 1.165) is 13.6 Å². The summed E-state index contributed by atoms with van der Waals surface area (Å²) in [4.78, 5) is 45.6. The molecule has 1 atom stereocenters. The van der Waals surface area contributed by atoms with Crippen LogP contribution in [0.5, 0.6) is 11.5 Å². The Labute approximate surface area is 314 Å². The smallest absolute Gasteiger partial charge is 0.338 e. The molecule has 0 aliphatic carbocycles. The highest BCUT2D eigenvalue weighted by Gasteiger charge is 2.33. The molecule has 1 N–H and O–H groups in total. The lowest BCUT2D eigenvalue weighted by molar-refractivity contribution is -0.113. The van der Waals surface area contributed by atoms with Gasteiger partial charge in [-0.25, -0.2) is 9.79 Å². The molecule has 5 aromatic rings. The van der Waals surface area contributed by atoms with Gasteiger partial charge in [0.1, 0.15) is 18.1 Å². The zero-order chi connectivity index (χ0) is 35.4. The number of nitrogens with one attached hydrogen (secondary N) is 1. The predicted molar refractivity (Wildman–Crippen MR) is 205 cm³/mol. The minimum Gasteiger partial charge on any atom is -0.497 e. The van der Waals surface area contributed by atoms with Crippen LogP contribution in [0.1, 0.15) is 46.9 Å². The van der Waals surface area contributed by atoms with E-state index in [1.54, 1.807) is 55.9 Å². The van der Waals surface area contributed by atoms with Crippen molar-refractivity contribution in [2.24, 2.45) is 4.99 Å². The van der Waals surface area contributed by atoms with Crippen LogP contribution in [0.3, 0.4) is 0 Å². The van der Waals surface area contributed by atoms with Crippen LogP contribution in [0.4, 0.5) is 5.69 Å². The number of nitrogens with zero attached hydrogens (tertiary/aromatic N) is 2. The van der Waals surface area contributed by atoms with Gasteiger partial charge < -0.3 is 19.5 Å². The van der Waals surface area contributed by atoms with Gasteiger partial charge in [-0.3, -0.25) is 14.2 Å². The number of aromatic nitrogens is 1. The Morgan fingerprint density at radius 2 is 1.80 bits per heavy atom. The molecule has 9 nitrogen and oxygen atoms in total. The first-order chi connectivity index (χ1) is 24.2. The number of hydrogen-bond acceptors (Lipinski definition) is 8. The Bertz CT molecular complexity index is 2300. The summed E-state index contributed by atoms with van der Waals surface area (Å²) in [5, 5.41) is 2.98. The van der Waals surface area contributed by atoms with E-state index in [4.69, 9.17) is 19.2 Å². The number of amides is 1. The molecule has 254 valence electrons. The second-order valence-corrected chi connectivity index (χ2v) is 14.3. The van der Waals surface area contributed by atoms with Crippen LogP contribution < -0.4 is 29.7 Å². The van der Waals surface area contributed by atoms with Gasteiger partial charge in [-0.05, 0) is 102 Å². The normalized spacial score (nSPS) is 14.1. The molecule has 4 aromatic carbocycles. The van der Waals surface area contributed by atoms with E-state index in [-0.39, 0.29) is 24.0 Å². The van der Waals surface area contributed by atoms with Crippen molar-refractivity contribution in [2.75, 3.05) is 19.0 Å². The van der Waals surface area contributed by atoms with E-state index in [9.17, 15) is 14.4 Å². The number of para-hydroxylation sites is 1. The molecule has 0 saturated heterocycles. The van der Waals surface area contributed by atoms with Crippen LogP contribution in [0.2, 0.25) is 0 Å². The monoisotopic (exact) mass is 863 g/mol. The fourth-order valence-electron chi connectivity index (χ4n) is 5.55. The standard InChI is InChI=1S/C38H31BrIN3O6S/c1-4-48-37(46)24-15-13-23(14-16-24)21-49-34-26(17-27(39)20-30(34)40)19-31-36(45)43-33(25-9-8-12-29(18-25)47-3)32(22(2)41-38(43)50-31)35(44)42-28-10-6-5-7-11-28/h5-20,33H,4,21H2,1-3H3,(H,42,44)/b31-19-/t33-/m0/s1. The summed E-state index contributed by atoms with van der Waals surface area (Å²) in [5.74, 6) is 0.465. The maximum atomic E-state index is 14.4. The highest BCUT2D eigenvalue weighted by molar-refractivity contribution is 14.1. The first-order valence-corrected chi connectivity index (χ1v) is 18.3. The fraction of sp³-hybridized carbons (Fsp3) is 0.158. The van der Waals surface area contributed by atoms with Gasteiger partial charge in [0.15, 0.2) is 4.80 Å². The zero-order valence-corrected chi connectivity index (χ0v) is 31.8. The van der Waals surface area contributed by atoms with Crippen molar-refractivity contribution in [3.63, 3.8) is 0 Å². The van der Waals surface area contributed by atoms with E-state index < -0.39 is 6.04 Å². The SMILES string of the molecule is CCOC(=O)c1ccc(COc2c(I)cc(Br)cc2/C=c2\sc3n(c2=O)[C@@H](c2cccc(OC)c2)C(C(=O)Nc2ccccc2)=C(C)N=3)cc1. The number of carbonyl (C=O) groups excluding carboxylic acids is 2. The van der Waals surface area contributed by atoms with Gasteiger partial charge in [0.2, 0.25) is 0 Å². The van der Waals surface area contributed by atoms with Crippen LogP contribution in [-0.2, 0) is 16.1 Å². The van der Waals surface area contributed by atoms with Crippen molar-refractivity contribution < 1.29 is 23.8 Å². The van der Waals surface area contributed by atoms with Crippen molar-refractivity contribution in [1.29, 1.82) is 0 Å². The number of esters is 1. The Hall–Kier alpha value is -4.53. The first-order valence-electron chi connectivity index (χ1n) is 15.6. The van der Waals surface area contributed by atoms with Crippen molar-refractivity contribution in [2.45, 2.75) is 26.5 Å². The fourth-order valence-corrected chi connectivity index (χ4v) is 8.29. The molecule has 6 rings (SSSR count). The molecule has 0 radical (unpaired) electrons. The quantitative estimate of drug-likeness (QED) is 0.120. The number of methoxy groups -OCH3 is 1. The molecule has 1 amide bonds. The van der Waals surface area contributed by atoms with Gasteiger partial charge in [0.25, 0.3) is 11.5 Å². The summed E-state index contributed by atoms with van der Waals surface area (Å²) >= 11 is 7.04. The predicted octanol–water partition coefficient (Wildman–Crippen LogP) is 7.01. The highest BCUT2D eigenvalue weighted by Crippen LogP contribution is 2.34. The van der Waals surface area contributed by atoms with Crippen LogP contribution in [0, 0.1) is 3.57 Å². The number of halogens is 2. The van der Waals surface area contributed by atoms with Crippen molar-refractivity contribution >= 4 is 73.5 Å². The second kappa shape index (κ2) is 15.6. The average Bonchev–Trinajstić information content (AvgIpc) is 3.41. The lowest BCUT2D eigenvalue weighted by atomic mass is 9.95. The Balaban J connectivity index is 1.41. The summed E-state index contributed by atoms with van der Waals surface area (Å²) in [6.07, 6.45) is 1.79. The summed E-state index contributed by atoms with van der Waals surface area (Å²) in [7, 11) is 1.58. The molecule has 0 fully saturated rings. The number of ether oxygens (including phenoxy) is 3. The molecule has 1 aromatic heterocycles. The average molecular weight is 865 g/mol. The van der Waals surface area contributed by atoms with Gasteiger partial charge in [0.05, 0.1) is 44.7 Å². The Kier molecular flexibility index (Phi) is 11.0. The molecule has 12 heteroatoms. The third kappa shape index (κ3) is 7.62. The summed E-state index contributed by atoms with van der Waals surface area (Å²) in [6, 6.07) is 26.7. The van der Waals surface area contributed by atoms with Crippen LogP contribution >= 0.6 is 49.9 Å². The van der Waals surface area contributed by atoms with E-state index >= 15 is 0 Å². The lowest BCUT2D eigenvalue weighted by Gasteiger charge is -2.25. The van der Waals surface area contributed by atoms with E-state index in [2.05, 4.69) is 43.8 Å². The molecule has 2 heterocycles. The minimum atomic E-state index is -0.761. The number of anilines is 1. The molecule has 0 spiro atoms. The summed E-state index contributed by atoms with van der Waals surface area (Å²) in [6.45, 7) is 4.09. The van der Waals surface area contributed by atoms with Gasteiger partial charge in [-0.1, -0.05) is 69.7 Å². The topological polar surface area (TPSA) is 108 Å². The Morgan fingerprint density at radius 1 is 1.04 bits per heavy atom. The van der Waals surface area contributed by atoms with Gasteiger partial charge in [-0.15, -0.1) is 0 Å². The van der Waals surface area contributed by atoms with Crippen molar-refractivity contribution in [1.82, 2.24) is 4.57 Å². The van der Waals surface area contributed by atoms with Gasteiger partial charge >= 0.3 is 5.97 Å². The number of rotatable bonds is 10. The largest absolute Gasteiger partial charge is 0.497 e. The number of fused-ring (bicyclic) bond motifs is 1. The molecule has 1 aliphatic rings. The molecule has 0 bridgehead atoms. The molecular formula is C38H31BrIN3O6S. The molecule has 50 heavy (non-hydrogen) atoms. The van der Waals surface area contributed by atoms with Crippen molar-refractivity contribution in [3.8, 4) is 11.5 Å². The second-order valence-electron chi connectivity index (χ2n) is 11.2. The minimum absolute atomic E-state index is 0.234. The third-order valence-electron chi connectivity index (χ3n) is 7.88. The summed E-state index contributed by atoms with van der Waals surface area (Å²) in [5.41, 5.74) is 3.92. The number of allylic oxidation sites excluding steroid dienone is 1. The first kappa shape index (κ1) is 35.3. The third-order valence-corrected chi connectivity index (χ3v) is 10.1. The molecule has 0 unspecified atom stereocenters. The highest BCUT2D eigenvalue weighted by atomic mass is 127. The van der Waals surface area contributed by atoms with E-state index in [1.165, 1.54) is 11.3 Å². The van der Waals surface area contributed by atoms with Gasteiger partial charge in [-0.2, -0.15) is 0 Å². The van der Waals surface area contributed by atoms with E-state index in [0.29, 0.717) is 61.1 Å². The zero-order valence-electron chi connectivity index (χ0n) is 27.2. The molecular weight excluding hydrogens is 833 g/mol. The summed E-state index contributed by atoms with van der Waals surface area (Å²) < 4.78 is 20.6. The number of hydrogen-bond donors (Lipinski definition) is 1. The van der Waals surface area contributed by atoms with Crippen LogP contribution in [-0.4, -0.2) is 30.2 Å². The van der Waals surface area contributed by atoms with Gasteiger partial charge in [0, 0.05) is 15.7 Å². The molecule has 1 aliphatic heterocycles. The lowest BCUT2D eigenvalue weighted by Crippen LogP contribution is -2.40. The maximum absolute atomic E-state index is 14.4. The number of benzene rings is 4. The Morgan fingerprint density at radius 3 is 2.52 bits per heavy atom. The van der Waals surface area contributed by atoms with Crippen LogP contribution in [0.15, 0.2) is 117 Å².